The van der Waals surface area contributed by atoms with Crippen LogP contribution in [0.15, 0.2) is 42.6 Å². The Labute approximate surface area is 139 Å². The summed E-state index contributed by atoms with van der Waals surface area (Å²) in [5.41, 5.74) is 0.679. The molecule has 24 heavy (non-hydrogen) atoms. The predicted octanol–water partition coefficient (Wildman–Crippen LogP) is 3.35. The molecule has 1 heterocycles. The number of pyridine rings is 1. The highest BCUT2D eigenvalue weighted by atomic mass is 16.5. The van der Waals surface area contributed by atoms with E-state index in [1.165, 1.54) is 31.2 Å². The Hall–Kier alpha value is -2.89. The summed E-state index contributed by atoms with van der Waals surface area (Å²) in [7, 11) is 0. The average molecular weight is 326 g/mol. The van der Waals surface area contributed by atoms with Gasteiger partial charge in [0.05, 0.1) is 11.7 Å². The lowest BCUT2D eigenvalue weighted by Crippen LogP contribution is -2.15. The van der Waals surface area contributed by atoms with E-state index >= 15 is 0 Å². The monoisotopic (exact) mass is 326 g/mol. The summed E-state index contributed by atoms with van der Waals surface area (Å²) >= 11 is 0. The summed E-state index contributed by atoms with van der Waals surface area (Å²) in [5, 5.41) is 11.7. The van der Waals surface area contributed by atoms with Gasteiger partial charge in [-0.2, -0.15) is 0 Å². The molecule has 1 saturated carbocycles. The van der Waals surface area contributed by atoms with Gasteiger partial charge in [0.15, 0.2) is 0 Å². The molecular weight excluding hydrogens is 308 g/mol. The van der Waals surface area contributed by atoms with Crippen molar-refractivity contribution in [1.29, 1.82) is 0 Å². The van der Waals surface area contributed by atoms with Crippen molar-refractivity contribution in [1.82, 2.24) is 4.98 Å². The lowest BCUT2D eigenvalue weighted by atomic mass is 10.2. The van der Waals surface area contributed by atoms with Crippen LogP contribution < -0.4 is 10.1 Å². The van der Waals surface area contributed by atoms with E-state index in [0.29, 0.717) is 5.69 Å². The number of nitrogens with zero attached hydrogens (tertiary/aromatic N) is 1. The highest BCUT2D eigenvalue weighted by molar-refractivity contribution is 6.04. The molecule has 1 aliphatic carbocycles. The lowest BCUT2D eigenvalue weighted by molar-refractivity contribution is 0.0696. The van der Waals surface area contributed by atoms with Gasteiger partial charge in [0, 0.05) is 11.9 Å². The number of carbonyl (C=O) groups excluding carboxylic acids is 1. The molecule has 0 aliphatic heterocycles. The Morgan fingerprint density at radius 3 is 2.50 bits per heavy atom. The maximum atomic E-state index is 12.2. The highest BCUT2D eigenvalue weighted by Crippen LogP contribution is 2.25. The topological polar surface area (TPSA) is 88.5 Å². The molecule has 1 amide bonds. The first-order chi connectivity index (χ1) is 11.6. The van der Waals surface area contributed by atoms with E-state index in [-0.39, 0.29) is 17.4 Å². The molecule has 0 atom stereocenters. The highest BCUT2D eigenvalue weighted by Gasteiger charge is 2.16. The fourth-order valence-electron chi connectivity index (χ4n) is 2.70. The van der Waals surface area contributed by atoms with E-state index in [4.69, 9.17) is 9.84 Å². The molecule has 3 rings (SSSR count). The number of carbonyl (C=O) groups is 2. The molecule has 124 valence electrons. The fourth-order valence-corrected chi connectivity index (χ4v) is 2.70. The van der Waals surface area contributed by atoms with Gasteiger partial charge in [0.25, 0.3) is 5.91 Å². The average Bonchev–Trinajstić information content (AvgIpc) is 3.10. The molecule has 0 radical (unpaired) electrons. The summed E-state index contributed by atoms with van der Waals surface area (Å²) in [6.07, 6.45) is 6.18. The zero-order valence-corrected chi connectivity index (χ0v) is 13.1. The number of aromatic nitrogens is 1. The Morgan fingerprint density at radius 2 is 1.83 bits per heavy atom. The zero-order chi connectivity index (χ0) is 16.9. The summed E-state index contributed by atoms with van der Waals surface area (Å²) in [5.74, 6) is -0.770. The van der Waals surface area contributed by atoms with Crippen molar-refractivity contribution in [2.45, 2.75) is 31.8 Å². The molecular formula is C18H18N2O4. The van der Waals surface area contributed by atoms with E-state index in [1.807, 2.05) is 12.1 Å². The largest absolute Gasteiger partial charge is 0.490 e. The van der Waals surface area contributed by atoms with E-state index in [2.05, 4.69) is 10.3 Å². The van der Waals surface area contributed by atoms with E-state index < -0.39 is 11.9 Å². The van der Waals surface area contributed by atoms with Gasteiger partial charge in [0.2, 0.25) is 0 Å². The summed E-state index contributed by atoms with van der Waals surface area (Å²) in [6.45, 7) is 0. The Balaban J connectivity index is 1.63. The van der Waals surface area contributed by atoms with Crippen LogP contribution in [0.25, 0.3) is 0 Å². The number of carboxylic acid groups (broad SMARTS) is 1. The third kappa shape index (κ3) is 3.90. The van der Waals surface area contributed by atoms with Gasteiger partial charge in [0.1, 0.15) is 11.4 Å². The van der Waals surface area contributed by atoms with Gasteiger partial charge in [-0.05, 0) is 62.1 Å². The maximum absolute atomic E-state index is 12.2. The first-order valence-electron chi connectivity index (χ1n) is 7.89. The van der Waals surface area contributed by atoms with Gasteiger partial charge < -0.3 is 15.2 Å². The second kappa shape index (κ2) is 7.12. The third-order valence-electron chi connectivity index (χ3n) is 3.96. The van der Waals surface area contributed by atoms with E-state index in [9.17, 15) is 9.59 Å². The van der Waals surface area contributed by atoms with Gasteiger partial charge in [-0.3, -0.25) is 9.78 Å². The van der Waals surface area contributed by atoms with Crippen molar-refractivity contribution < 1.29 is 19.4 Å². The summed E-state index contributed by atoms with van der Waals surface area (Å²) in [6, 6.07) is 9.72. The van der Waals surface area contributed by atoms with Crippen LogP contribution >= 0.6 is 0 Å². The SMILES string of the molecule is O=C(O)c1ccnc(C(=O)Nc2ccc(OC3CCCC3)cc2)c1. The standard InChI is InChI=1S/C18H18N2O4/c21-17(16-11-12(18(22)23)9-10-19-16)20-13-5-7-15(8-6-13)24-14-3-1-2-4-14/h5-11,14H,1-4H2,(H,20,21)(H,22,23). The second-order valence-corrected chi connectivity index (χ2v) is 5.74. The Morgan fingerprint density at radius 1 is 1.12 bits per heavy atom. The van der Waals surface area contributed by atoms with Crippen LogP contribution in [0.1, 0.15) is 46.5 Å². The molecule has 2 aromatic rings. The Kier molecular flexibility index (Phi) is 4.74. The van der Waals surface area contributed by atoms with Gasteiger partial charge in [-0.15, -0.1) is 0 Å². The molecule has 1 aromatic carbocycles. The van der Waals surface area contributed by atoms with Crippen molar-refractivity contribution in [3.8, 4) is 5.75 Å². The first kappa shape index (κ1) is 16.0. The molecule has 1 fully saturated rings. The van der Waals surface area contributed by atoms with E-state index in [0.717, 1.165) is 18.6 Å². The number of carboxylic acids is 1. The number of anilines is 1. The van der Waals surface area contributed by atoms with Crippen molar-refractivity contribution in [2.24, 2.45) is 0 Å². The number of benzene rings is 1. The van der Waals surface area contributed by atoms with Gasteiger partial charge >= 0.3 is 5.97 Å². The van der Waals surface area contributed by atoms with Crippen LogP contribution in [-0.2, 0) is 0 Å². The number of ether oxygens (including phenoxy) is 1. The minimum absolute atomic E-state index is 0.0236. The third-order valence-corrected chi connectivity index (χ3v) is 3.96. The van der Waals surface area contributed by atoms with E-state index in [1.54, 1.807) is 12.1 Å². The summed E-state index contributed by atoms with van der Waals surface area (Å²) < 4.78 is 5.87. The molecule has 0 saturated heterocycles. The fraction of sp³-hybridized carbons (Fsp3) is 0.278. The molecule has 1 aliphatic rings. The molecule has 0 spiro atoms. The van der Waals surface area contributed by atoms with Crippen molar-refractivity contribution in [3.63, 3.8) is 0 Å². The molecule has 0 bridgehead atoms. The number of aromatic carboxylic acids is 1. The van der Waals surface area contributed by atoms with Crippen LogP contribution in [-0.4, -0.2) is 28.1 Å². The molecule has 6 nitrogen and oxygen atoms in total. The number of hydrogen-bond donors (Lipinski definition) is 2. The van der Waals surface area contributed by atoms with Crippen LogP contribution in [0, 0.1) is 0 Å². The van der Waals surface area contributed by atoms with Gasteiger partial charge in [-0.1, -0.05) is 0 Å². The number of rotatable bonds is 5. The maximum Gasteiger partial charge on any atom is 0.335 e. The molecule has 6 heteroatoms. The minimum Gasteiger partial charge on any atom is -0.490 e. The number of amides is 1. The smallest absolute Gasteiger partial charge is 0.335 e. The molecule has 0 unspecified atom stereocenters. The van der Waals surface area contributed by atoms with Crippen LogP contribution in [0.3, 0.4) is 0 Å². The van der Waals surface area contributed by atoms with Crippen molar-refractivity contribution in [3.05, 3.63) is 53.9 Å². The Bertz CT molecular complexity index is 737. The summed E-state index contributed by atoms with van der Waals surface area (Å²) in [4.78, 5) is 27.0. The van der Waals surface area contributed by atoms with Gasteiger partial charge in [-0.25, -0.2) is 4.79 Å². The quantitative estimate of drug-likeness (QED) is 0.879. The minimum atomic E-state index is -1.10. The number of hydrogen-bond acceptors (Lipinski definition) is 4. The van der Waals surface area contributed by atoms with Crippen LogP contribution in [0.2, 0.25) is 0 Å². The van der Waals surface area contributed by atoms with Crippen molar-refractivity contribution >= 4 is 17.6 Å². The van der Waals surface area contributed by atoms with Crippen LogP contribution in [0.5, 0.6) is 5.75 Å². The normalized spacial score (nSPS) is 14.3. The molecule has 2 N–H and O–H groups in total. The predicted molar refractivity (Wildman–Crippen MR) is 88.5 cm³/mol. The van der Waals surface area contributed by atoms with Crippen LogP contribution in [0.4, 0.5) is 5.69 Å². The zero-order valence-electron chi connectivity index (χ0n) is 13.1. The molecule has 1 aromatic heterocycles. The first-order valence-corrected chi connectivity index (χ1v) is 7.89. The van der Waals surface area contributed by atoms with Crippen molar-refractivity contribution in [2.75, 3.05) is 5.32 Å². The second-order valence-electron chi connectivity index (χ2n) is 5.74. The lowest BCUT2D eigenvalue weighted by Gasteiger charge is -2.13. The number of nitrogens with one attached hydrogen (secondary N) is 1.